The first-order valence-corrected chi connectivity index (χ1v) is 8.63. The second-order valence-corrected chi connectivity index (χ2v) is 6.59. The van der Waals surface area contributed by atoms with Crippen LogP contribution in [0, 0.1) is 19.8 Å². The average molecular weight is 355 g/mol. The predicted octanol–water partition coefficient (Wildman–Crippen LogP) is 4.13. The monoisotopic (exact) mass is 355 g/mol. The summed E-state index contributed by atoms with van der Waals surface area (Å²) in [6.45, 7) is 8.14. The highest BCUT2D eigenvalue weighted by Gasteiger charge is 2.10. The zero-order valence-corrected chi connectivity index (χ0v) is 15.7. The van der Waals surface area contributed by atoms with E-state index >= 15 is 0 Å². The topological polar surface area (TPSA) is 64.6 Å². The molecule has 5 heteroatoms. The third-order valence-corrected chi connectivity index (χ3v) is 3.90. The molecule has 26 heavy (non-hydrogen) atoms. The van der Waals surface area contributed by atoms with E-state index in [-0.39, 0.29) is 18.4 Å². The van der Waals surface area contributed by atoms with Crippen LogP contribution in [0.5, 0.6) is 5.75 Å². The van der Waals surface area contributed by atoms with E-state index in [0.29, 0.717) is 17.9 Å². The van der Waals surface area contributed by atoms with E-state index in [1.165, 1.54) is 0 Å². The van der Waals surface area contributed by atoms with Gasteiger partial charge in [0.05, 0.1) is 6.61 Å². The van der Waals surface area contributed by atoms with Crippen molar-refractivity contribution in [2.75, 3.05) is 18.5 Å². The Hall–Kier alpha value is -2.82. The molecule has 0 aliphatic carbocycles. The van der Waals surface area contributed by atoms with Crippen LogP contribution < -0.4 is 10.1 Å². The normalized spacial score (nSPS) is 10.5. The number of amides is 1. The molecule has 2 aromatic rings. The van der Waals surface area contributed by atoms with E-state index in [2.05, 4.69) is 5.32 Å². The largest absolute Gasteiger partial charge is 0.482 e. The summed E-state index contributed by atoms with van der Waals surface area (Å²) in [6, 6.07) is 12.4. The van der Waals surface area contributed by atoms with Crippen LogP contribution in [0.15, 0.2) is 42.5 Å². The van der Waals surface area contributed by atoms with Crippen molar-refractivity contribution in [3.63, 3.8) is 0 Å². The summed E-state index contributed by atoms with van der Waals surface area (Å²) in [4.78, 5) is 23.9. The first-order valence-electron chi connectivity index (χ1n) is 8.63. The maximum Gasteiger partial charge on any atom is 0.344 e. The highest BCUT2D eigenvalue weighted by molar-refractivity contribution is 6.04. The van der Waals surface area contributed by atoms with E-state index in [0.717, 1.165) is 16.8 Å². The lowest BCUT2D eigenvalue weighted by Crippen LogP contribution is -2.17. The number of aryl methyl sites for hydroxylation is 1. The molecule has 0 aromatic heterocycles. The third kappa shape index (κ3) is 5.62. The Morgan fingerprint density at radius 3 is 2.38 bits per heavy atom. The van der Waals surface area contributed by atoms with Gasteiger partial charge in [-0.1, -0.05) is 26.0 Å². The van der Waals surface area contributed by atoms with Gasteiger partial charge in [0.2, 0.25) is 0 Å². The summed E-state index contributed by atoms with van der Waals surface area (Å²) in [5.74, 6) is 0.195. The fraction of sp³-hybridized carbons (Fsp3) is 0.333. The molecule has 1 amide bonds. The first-order chi connectivity index (χ1) is 12.4. The smallest absolute Gasteiger partial charge is 0.344 e. The fourth-order valence-electron chi connectivity index (χ4n) is 2.23. The van der Waals surface area contributed by atoms with Crippen LogP contribution >= 0.6 is 0 Å². The summed E-state index contributed by atoms with van der Waals surface area (Å²) in [7, 11) is 0. The van der Waals surface area contributed by atoms with Crippen LogP contribution in [-0.4, -0.2) is 25.1 Å². The lowest BCUT2D eigenvalue weighted by molar-refractivity contribution is -0.147. The van der Waals surface area contributed by atoms with E-state index in [1.807, 2.05) is 45.9 Å². The average Bonchev–Trinajstić information content (AvgIpc) is 2.62. The van der Waals surface area contributed by atoms with Crippen molar-refractivity contribution in [1.82, 2.24) is 0 Å². The molecule has 5 nitrogen and oxygen atoms in total. The number of rotatable bonds is 7. The van der Waals surface area contributed by atoms with Gasteiger partial charge in [0, 0.05) is 11.3 Å². The molecule has 0 heterocycles. The molecule has 1 N–H and O–H groups in total. The van der Waals surface area contributed by atoms with Gasteiger partial charge in [-0.2, -0.15) is 0 Å². The fourth-order valence-corrected chi connectivity index (χ4v) is 2.23. The Kier molecular flexibility index (Phi) is 6.78. The predicted molar refractivity (Wildman–Crippen MR) is 102 cm³/mol. The molecule has 0 bridgehead atoms. The summed E-state index contributed by atoms with van der Waals surface area (Å²) in [5.41, 5.74) is 3.47. The molecule has 0 unspecified atom stereocenters. The molecule has 0 saturated heterocycles. The maximum atomic E-state index is 12.4. The van der Waals surface area contributed by atoms with Crippen molar-refractivity contribution < 1.29 is 19.1 Å². The highest BCUT2D eigenvalue weighted by Crippen LogP contribution is 2.19. The Balaban J connectivity index is 1.91. The van der Waals surface area contributed by atoms with Crippen LogP contribution in [0.25, 0.3) is 0 Å². The maximum absolute atomic E-state index is 12.4. The third-order valence-electron chi connectivity index (χ3n) is 3.90. The van der Waals surface area contributed by atoms with Gasteiger partial charge in [-0.3, -0.25) is 4.79 Å². The van der Waals surface area contributed by atoms with E-state index in [1.54, 1.807) is 24.3 Å². The molecule has 2 rings (SSSR count). The molecule has 0 atom stereocenters. The number of esters is 1. The van der Waals surface area contributed by atoms with Gasteiger partial charge in [0.15, 0.2) is 6.61 Å². The van der Waals surface area contributed by atoms with Crippen molar-refractivity contribution in [3.05, 3.63) is 59.2 Å². The standard InChI is InChI=1S/C21H25NO4/c1-14(2)12-26-20(23)13-25-18-10-8-17(9-11-18)21(24)22-19-7-5-6-15(3)16(19)4/h5-11,14H,12-13H2,1-4H3,(H,22,24). The van der Waals surface area contributed by atoms with Gasteiger partial charge in [-0.05, 0) is 61.2 Å². The number of benzene rings is 2. The number of nitrogens with one attached hydrogen (secondary N) is 1. The quantitative estimate of drug-likeness (QED) is 0.758. The van der Waals surface area contributed by atoms with E-state index < -0.39 is 5.97 Å². The van der Waals surface area contributed by atoms with Crippen molar-refractivity contribution >= 4 is 17.6 Å². The van der Waals surface area contributed by atoms with Crippen molar-refractivity contribution in [1.29, 1.82) is 0 Å². The summed E-state index contributed by atoms with van der Waals surface area (Å²) < 4.78 is 10.4. The number of carbonyl (C=O) groups excluding carboxylic acids is 2. The number of carbonyl (C=O) groups is 2. The molecule has 0 fully saturated rings. The lowest BCUT2D eigenvalue weighted by atomic mass is 10.1. The van der Waals surface area contributed by atoms with Gasteiger partial charge in [-0.15, -0.1) is 0 Å². The van der Waals surface area contributed by atoms with Gasteiger partial charge >= 0.3 is 5.97 Å². The van der Waals surface area contributed by atoms with Gasteiger partial charge in [0.25, 0.3) is 5.91 Å². The van der Waals surface area contributed by atoms with Crippen LogP contribution in [0.4, 0.5) is 5.69 Å². The Labute approximate surface area is 154 Å². The second kappa shape index (κ2) is 9.04. The molecule has 0 saturated carbocycles. The van der Waals surface area contributed by atoms with Crippen molar-refractivity contribution in [2.24, 2.45) is 5.92 Å². The van der Waals surface area contributed by atoms with Gasteiger partial charge in [-0.25, -0.2) is 4.79 Å². The number of hydrogen-bond donors (Lipinski definition) is 1. The minimum atomic E-state index is -0.407. The molecular formula is C21H25NO4. The van der Waals surface area contributed by atoms with Crippen molar-refractivity contribution in [3.8, 4) is 5.75 Å². The molecule has 0 radical (unpaired) electrons. The van der Waals surface area contributed by atoms with Crippen LogP contribution in [-0.2, 0) is 9.53 Å². The zero-order chi connectivity index (χ0) is 19.1. The Morgan fingerprint density at radius 1 is 1.04 bits per heavy atom. The molecule has 138 valence electrons. The lowest BCUT2D eigenvalue weighted by Gasteiger charge is -2.11. The number of ether oxygens (including phenoxy) is 2. The second-order valence-electron chi connectivity index (χ2n) is 6.59. The molecule has 0 spiro atoms. The molecule has 0 aliphatic heterocycles. The Bertz CT molecular complexity index is 766. The van der Waals surface area contributed by atoms with Gasteiger partial charge in [0.1, 0.15) is 5.75 Å². The number of hydrogen-bond acceptors (Lipinski definition) is 4. The van der Waals surface area contributed by atoms with Gasteiger partial charge < -0.3 is 14.8 Å². The minimum Gasteiger partial charge on any atom is -0.482 e. The summed E-state index contributed by atoms with van der Waals surface area (Å²) >= 11 is 0. The first kappa shape index (κ1) is 19.5. The minimum absolute atomic E-state index is 0.152. The summed E-state index contributed by atoms with van der Waals surface area (Å²) in [6.07, 6.45) is 0. The van der Waals surface area contributed by atoms with Crippen LogP contribution in [0.1, 0.15) is 35.3 Å². The highest BCUT2D eigenvalue weighted by atomic mass is 16.6. The Morgan fingerprint density at radius 2 is 1.73 bits per heavy atom. The number of anilines is 1. The van der Waals surface area contributed by atoms with Crippen LogP contribution in [0.3, 0.4) is 0 Å². The van der Waals surface area contributed by atoms with E-state index in [4.69, 9.17) is 9.47 Å². The SMILES string of the molecule is Cc1cccc(NC(=O)c2ccc(OCC(=O)OCC(C)C)cc2)c1C. The van der Waals surface area contributed by atoms with Crippen LogP contribution in [0.2, 0.25) is 0 Å². The molecule has 2 aromatic carbocycles. The molecule has 0 aliphatic rings. The van der Waals surface area contributed by atoms with Crippen molar-refractivity contribution in [2.45, 2.75) is 27.7 Å². The zero-order valence-electron chi connectivity index (χ0n) is 15.7. The van der Waals surface area contributed by atoms with E-state index in [9.17, 15) is 9.59 Å². The summed E-state index contributed by atoms with van der Waals surface area (Å²) in [5, 5.41) is 2.91. The molecular weight excluding hydrogens is 330 g/mol.